The standard InChI is InChI=1S/C10H10N4O3/c11-14-13-4-8(15)10(16)6-1-2-9-7(3-6)12-5-17-9/h1-3,5,8,10,15-16H,4H2. The third kappa shape index (κ3) is 2.36. The summed E-state index contributed by atoms with van der Waals surface area (Å²) >= 11 is 0. The summed E-state index contributed by atoms with van der Waals surface area (Å²) in [6.45, 7) is -0.186. The number of nitrogens with zero attached hydrogens (tertiary/aromatic N) is 4. The van der Waals surface area contributed by atoms with E-state index in [0.29, 0.717) is 16.7 Å². The number of aromatic nitrogens is 1. The lowest BCUT2D eigenvalue weighted by Crippen LogP contribution is -2.21. The molecule has 2 N–H and O–H groups in total. The number of hydrogen-bond donors (Lipinski definition) is 2. The zero-order chi connectivity index (χ0) is 12.3. The molecule has 0 saturated carbocycles. The van der Waals surface area contributed by atoms with Crippen molar-refractivity contribution in [2.24, 2.45) is 5.11 Å². The molecule has 7 heteroatoms. The number of aliphatic hydroxyl groups is 2. The molecule has 1 heterocycles. The van der Waals surface area contributed by atoms with Crippen molar-refractivity contribution in [1.29, 1.82) is 0 Å². The first kappa shape index (κ1) is 11.4. The van der Waals surface area contributed by atoms with Crippen LogP contribution in [-0.4, -0.2) is 27.8 Å². The smallest absolute Gasteiger partial charge is 0.181 e. The number of benzene rings is 1. The summed E-state index contributed by atoms with van der Waals surface area (Å²) in [5.74, 6) is 0. The van der Waals surface area contributed by atoms with E-state index in [9.17, 15) is 10.2 Å². The predicted octanol–water partition coefficient (Wildman–Crippen LogP) is 1.53. The molecular formula is C10H10N4O3. The number of hydrogen-bond acceptors (Lipinski definition) is 5. The SMILES string of the molecule is [N-]=[N+]=NCC(O)C(O)c1ccc2ocnc2c1. The van der Waals surface area contributed by atoms with Crippen LogP contribution in [0.15, 0.2) is 34.1 Å². The molecule has 0 aliphatic rings. The highest BCUT2D eigenvalue weighted by Gasteiger charge is 2.18. The normalized spacial score (nSPS) is 14.2. The van der Waals surface area contributed by atoms with Crippen LogP contribution in [0.4, 0.5) is 0 Å². The minimum atomic E-state index is -1.14. The van der Waals surface area contributed by atoms with Crippen LogP contribution in [0.5, 0.6) is 0 Å². The van der Waals surface area contributed by atoms with Gasteiger partial charge in [-0.1, -0.05) is 11.2 Å². The van der Waals surface area contributed by atoms with Gasteiger partial charge < -0.3 is 14.6 Å². The predicted molar refractivity (Wildman–Crippen MR) is 59.0 cm³/mol. The fourth-order valence-corrected chi connectivity index (χ4v) is 1.50. The molecule has 0 saturated heterocycles. The van der Waals surface area contributed by atoms with E-state index in [-0.39, 0.29) is 6.54 Å². The Kier molecular flexibility index (Phi) is 3.24. The third-order valence-electron chi connectivity index (χ3n) is 2.39. The Labute approximate surface area is 95.9 Å². The van der Waals surface area contributed by atoms with Crippen molar-refractivity contribution < 1.29 is 14.6 Å². The topological polar surface area (TPSA) is 115 Å². The van der Waals surface area contributed by atoms with Crippen molar-refractivity contribution in [2.75, 3.05) is 6.54 Å². The van der Waals surface area contributed by atoms with Gasteiger partial charge in [-0.15, -0.1) is 0 Å². The Balaban J connectivity index is 2.22. The lowest BCUT2D eigenvalue weighted by Gasteiger charge is -2.15. The summed E-state index contributed by atoms with van der Waals surface area (Å²) in [7, 11) is 0. The Morgan fingerprint density at radius 3 is 3.06 bits per heavy atom. The van der Waals surface area contributed by atoms with Gasteiger partial charge in [-0.05, 0) is 23.2 Å². The summed E-state index contributed by atoms with van der Waals surface area (Å²) in [4.78, 5) is 6.46. The molecule has 2 aromatic rings. The second-order valence-corrected chi connectivity index (χ2v) is 3.51. The van der Waals surface area contributed by atoms with E-state index in [1.54, 1.807) is 18.2 Å². The Hall–Kier alpha value is -2.08. The number of oxazole rings is 1. The van der Waals surface area contributed by atoms with Crippen molar-refractivity contribution >= 4 is 11.1 Å². The molecule has 0 amide bonds. The van der Waals surface area contributed by atoms with Crippen molar-refractivity contribution in [3.63, 3.8) is 0 Å². The summed E-state index contributed by atoms with van der Waals surface area (Å²) < 4.78 is 5.06. The fourth-order valence-electron chi connectivity index (χ4n) is 1.50. The zero-order valence-corrected chi connectivity index (χ0v) is 8.76. The molecule has 2 rings (SSSR count). The quantitative estimate of drug-likeness (QED) is 0.474. The van der Waals surface area contributed by atoms with Gasteiger partial charge in [0, 0.05) is 4.91 Å². The first-order chi connectivity index (χ1) is 8.22. The summed E-state index contributed by atoms with van der Waals surface area (Å²) in [5.41, 5.74) is 9.81. The van der Waals surface area contributed by atoms with Gasteiger partial charge in [0.05, 0.1) is 12.6 Å². The lowest BCUT2D eigenvalue weighted by molar-refractivity contribution is 0.0245. The number of rotatable bonds is 4. The molecule has 0 fully saturated rings. The average molecular weight is 234 g/mol. The molecule has 0 bridgehead atoms. The van der Waals surface area contributed by atoms with Crippen LogP contribution in [-0.2, 0) is 0 Å². The van der Waals surface area contributed by atoms with Crippen molar-refractivity contribution in [3.05, 3.63) is 40.6 Å². The zero-order valence-electron chi connectivity index (χ0n) is 8.76. The van der Waals surface area contributed by atoms with Crippen LogP contribution in [0.2, 0.25) is 0 Å². The molecule has 0 radical (unpaired) electrons. The summed E-state index contributed by atoms with van der Waals surface area (Å²) in [6.07, 6.45) is -0.964. The minimum absolute atomic E-state index is 0.186. The minimum Gasteiger partial charge on any atom is -0.443 e. The highest BCUT2D eigenvalue weighted by molar-refractivity contribution is 5.72. The molecule has 1 aromatic heterocycles. The van der Waals surface area contributed by atoms with E-state index in [2.05, 4.69) is 15.0 Å². The molecular weight excluding hydrogens is 224 g/mol. The molecule has 0 spiro atoms. The van der Waals surface area contributed by atoms with Crippen molar-refractivity contribution in [2.45, 2.75) is 12.2 Å². The monoisotopic (exact) mass is 234 g/mol. The second-order valence-electron chi connectivity index (χ2n) is 3.51. The van der Waals surface area contributed by atoms with Gasteiger partial charge in [0.1, 0.15) is 11.6 Å². The lowest BCUT2D eigenvalue weighted by atomic mass is 10.0. The second kappa shape index (κ2) is 4.84. The first-order valence-electron chi connectivity index (χ1n) is 4.92. The molecule has 7 nitrogen and oxygen atoms in total. The van der Waals surface area contributed by atoms with Crippen LogP contribution in [0.25, 0.3) is 21.5 Å². The molecule has 1 aromatic carbocycles. The number of fused-ring (bicyclic) bond motifs is 1. The van der Waals surface area contributed by atoms with Gasteiger partial charge in [-0.2, -0.15) is 0 Å². The summed E-state index contributed by atoms with van der Waals surface area (Å²) in [6, 6.07) is 4.89. The van der Waals surface area contributed by atoms with E-state index < -0.39 is 12.2 Å². The molecule has 0 aliphatic carbocycles. The highest BCUT2D eigenvalue weighted by Crippen LogP contribution is 2.21. The van der Waals surface area contributed by atoms with Gasteiger partial charge >= 0.3 is 0 Å². The van der Waals surface area contributed by atoms with Gasteiger partial charge in [-0.25, -0.2) is 4.98 Å². The van der Waals surface area contributed by atoms with Crippen LogP contribution in [0.3, 0.4) is 0 Å². The number of azide groups is 1. The maximum atomic E-state index is 9.82. The van der Waals surface area contributed by atoms with Crippen LogP contribution in [0.1, 0.15) is 11.7 Å². The van der Waals surface area contributed by atoms with E-state index in [0.717, 1.165) is 0 Å². The Morgan fingerprint density at radius 1 is 1.47 bits per heavy atom. The van der Waals surface area contributed by atoms with Crippen LogP contribution in [0, 0.1) is 0 Å². The van der Waals surface area contributed by atoms with Crippen molar-refractivity contribution in [3.8, 4) is 0 Å². The molecule has 88 valence electrons. The molecule has 17 heavy (non-hydrogen) atoms. The first-order valence-corrected chi connectivity index (χ1v) is 4.92. The Morgan fingerprint density at radius 2 is 2.29 bits per heavy atom. The van der Waals surface area contributed by atoms with Crippen molar-refractivity contribution in [1.82, 2.24) is 4.98 Å². The van der Waals surface area contributed by atoms with Gasteiger partial charge in [0.2, 0.25) is 0 Å². The van der Waals surface area contributed by atoms with E-state index in [1.807, 2.05) is 0 Å². The largest absolute Gasteiger partial charge is 0.443 e. The summed E-state index contributed by atoms with van der Waals surface area (Å²) in [5, 5.41) is 22.6. The van der Waals surface area contributed by atoms with E-state index in [4.69, 9.17) is 9.95 Å². The number of aliphatic hydroxyl groups excluding tert-OH is 2. The maximum Gasteiger partial charge on any atom is 0.181 e. The van der Waals surface area contributed by atoms with Crippen LogP contribution >= 0.6 is 0 Å². The van der Waals surface area contributed by atoms with E-state index >= 15 is 0 Å². The highest BCUT2D eigenvalue weighted by atomic mass is 16.3. The van der Waals surface area contributed by atoms with Gasteiger partial charge in [0.15, 0.2) is 12.0 Å². The van der Waals surface area contributed by atoms with Gasteiger partial charge in [-0.3, -0.25) is 0 Å². The molecule has 2 atom stereocenters. The molecule has 2 unspecified atom stereocenters. The van der Waals surface area contributed by atoms with Crippen LogP contribution < -0.4 is 0 Å². The fraction of sp³-hybridized carbons (Fsp3) is 0.300. The average Bonchev–Trinajstić information content (AvgIpc) is 2.81. The molecule has 0 aliphatic heterocycles. The van der Waals surface area contributed by atoms with Gasteiger partial charge in [0.25, 0.3) is 0 Å². The maximum absolute atomic E-state index is 9.82. The Bertz CT molecular complexity index is 561. The third-order valence-corrected chi connectivity index (χ3v) is 2.39. The van der Waals surface area contributed by atoms with E-state index in [1.165, 1.54) is 6.39 Å².